The molecule has 1 saturated carbocycles. The van der Waals surface area contributed by atoms with E-state index in [4.69, 9.17) is 4.52 Å². The zero-order valence-corrected chi connectivity index (χ0v) is 18.3. The van der Waals surface area contributed by atoms with E-state index < -0.39 is 0 Å². The summed E-state index contributed by atoms with van der Waals surface area (Å²) in [5.74, 6) is 1.34. The molecule has 166 valence electrons. The molecule has 2 fully saturated rings. The van der Waals surface area contributed by atoms with Gasteiger partial charge in [0.25, 0.3) is 5.91 Å². The summed E-state index contributed by atoms with van der Waals surface area (Å²) in [7, 11) is 0. The number of amides is 2. The number of carbonyl (C=O) groups is 2. The first-order valence-corrected chi connectivity index (χ1v) is 11.7. The molecule has 2 amide bonds. The van der Waals surface area contributed by atoms with Crippen molar-refractivity contribution < 1.29 is 14.1 Å². The molecule has 7 nitrogen and oxygen atoms in total. The SMILES string of the molecule is CCc1nc(-c2ccc(C(=O)N3CCC(C(=O)NC4CCCCCC4)CC3)cc2)no1. The van der Waals surface area contributed by atoms with Gasteiger partial charge in [0.2, 0.25) is 17.6 Å². The van der Waals surface area contributed by atoms with Gasteiger partial charge in [0.05, 0.1) is 0 Å². The third-order valence-electron chi connectivity index (χ3n) is 6.52. The van der Waals surface area contributed by atoms with Crippen LogP contribution in [-0.2, 0) is 11.2 Å². The van der Waals surface area contributed by atoms with Gasteiger partial charge in [0, 0.05) is 42.6 Å². The van der Waals surface area contributed by atoms with E-state index in [1.54, 1.807) is 0 Å². The van der Waals surface area contributed by atoms with Gasteiger partial charge in [0.1, 0.15) is 0 Å². The molecule has 0 bridgehead atoms. The van der Waals surface area contributed by atoms with Gasteiger partial charge in [-0.1, -0.05) is 49.9 Å². The van der Waals surface area contributed by atoms with E-state index in [2.05, 4.69) is 15.5 Å². The van der Waals surface area contributed by atoms with E-state index in [1.807, 2.05) is 36.1 Å². The Morgan fingerprint density at radius 1 is 1.03 bits per heavy atom. The van der Waals surface area contributed by atoms with Crippen LogP contribution in [0, 0.1) is 5.92 Å². The second kappa shape index (κ2) is 10.1. The van der Waals surface area contributed by atoms with Gasteiger partial charge in [0.15, 0.2) is 0 Å². The minimum absolute atomic E-state index is 0.0107. The predicted octanol–water partition coefficient (Wildman–Crippen LogP) is 3.99. The molecular formula is C24H32N4O3. The lowest BCUT2D eigenvalue weighted by molar-refractivity contribution is -0.127. The maximum absolute atomic E-state index is 12.9. The summed E-state index contributed by atoms with van der Waals surface area (Å²) in [4.78, 5) is 31.8. The van der Waals surface area contributed by atoms with Crippen molar-refractivity contribution in [2.24, 2.45) is 5.92 Å². The average Bonchev–Trinajstić information content (AvgIpc) is 3.16. The average molecular weight is 425 g/mol. The number of benzene rings is 1. The van der Waals surface area contributed by atoms with Crippen LogP contribution in [0.2, 0.25) is 0 Å². The summed E-state index contributed by atoms with van der Waals surface area (Å²) in [5, 5.41) is 7.24. The minimum atomic E-state index is 0.0107. The number of piperidine rings is 1. The van der Waals surface area contributed by atoms with Crippen molar-refractivity contribution in [3.63, 3.8) is 0 Å². The van der Waals surface area contributed by atoms with Gasteiger partial charge in [-0.15, -0.1) is 0 Å². The Balaban J connectivity index is 1.29. The number of hydrogen-bond donors (Lipinski definition) is 1. The fourth-order valence-electron chi connectivity index (χ4n) is 4.55. The number of rotatable bonds is 5. The largest absolute Gasteiger partial charge is 0.353 e. The van der Waals surface area contributed by atoms with Crippen molar-refractivity contribution in [1.29, 1.82) is 0 Å². The van der Waals surface area contributed by atoms with E-state index in [-0.39, 0.29) is 17.7 Å². The molecule has 2 aliphatic rings. The Labute approximate surface area is 183 Å². The number of carbonyl (C=O) groups excluding carboxylic acids is 2. The zero-order chi connectivity index (χ0) is 21.6. The number of nitrogens with zero attached hydrogens (tertiary/aromatic N) is 3. The summed E-state index contributed by atoms with van der Waals surface area (Å²) in [6.07, 6.45) is 9.33. The highest BCUT2D eigenvalue weighted by Crippen LogP contribution is 2.23. The second-order valence-corrected chi connectivity index (χ2v) is 8.71. The lowest BCUT2D eigenvalue weighted by Gasteiger charge is -2.32. The molecule has 0 unspecified atom stereocenters. The maximum atomic E-state index is 12.9. The highest BCUT2D eigenvalue weighted by molar-refractivity contribution is 5.94. The predicted molar refractivity (Wildman–Crippen MR) is 117 cm³/mol. The number of aryl methyl sites for hydroxylation is 1. The Morgan fingerprint density at radius 2 is 1.71 bits per heavy atom. The maximum Gasteiger partial charge on any atom is 0.253 e. The summed E-state index contributed by atoms with van der Waals surface area (Å²) in [6, 6.07) is 7.66. The molecule has 1 aliphatic carbocycles. The second-order valence-electron chi connectivity index (χ2n) is 8.71. The van der Waals surface area contributed by atoms with Crippen LogP contribution in [0.15, 0.2) is 28.8 Å². The lowest BCUT2D eigenvalue weighted by atomic mass is 9.94. The summed E-state index contributed by atoms with van der Waals surface area (Å²) >= 11 is 0. The number of likely N-dealkylation sites (tertiary alicyclic amines) is 1. The molecule has 1 aromatic carbocycles. The van der Waals surface area contributed by atoms with E-state index in [9.17, 15) is 9.59 Å². The topological polar surface area (TPSA) is 88.3 Å². The van der Waals surface area contributed by atoms with Gasteiger partial charge in [-0.3, -0.25) is 9.59 Å². The fraction of sp³-hybridized carbons (Fsp3) is 0.583. The highest BCUT2D eigenvalue weighted by atomic mass is 16.5. The third-order valence-corrected chi connectivity index (χ3v) is 6.52. The van der Waals surface area contributed by atoms with Gasteiger partial charge in [-0.05, 0) is 37.8 Å². The van der Waals surface area contributed by atoms with Crippen LogP contribution in [0.3, 0.4) is 0 Å². The lowest BCUT2D eigenvalue weighted by Crippen LogP contribution is -2.45. The molecule has 4 rings (SSSR count). The van der Waals surface area contributed by atoms with E-state index in [0.717, 1.165) is 31.2 Å². The molecule has 1 N–H and O–H groups in total. The van der Waals surface area contributed by atoms with Crippen molar-refractivity contribution >= 4 is 11.8 Å². The highest BCUT2D eigenvalue weighted by Gasteiger charge is 2.29. The third kappa shape index (κ3) is 5.32. The number of aromatic nitrogens is 2. The first-order valence-electron chi connectivity index (χ1n) is 11.7. The van der Waals surface area contributed by atoms with Crippen LogP contribution in [0.4, 0.5) is 0 Å². The Hall–Kier alpha value is -2.70. The van der Waals surface area contributed by atoms with Crippen molar-refractivity contribution in [3.8, 4) is 11.4 Å². The van der Waals surface area contributed by atoms with E-state index in [1.165, 1.54) is 25.7 Å². The molecule has 1 aromatic heterocycles. The number of nitrogens with one attached hydrogen (secondary N) is 1. The number of hydrogen-bond acceptors (Lipinski definition) is 5. The molecule has 0 atom stereocenters. The Kier molecular flexibility index (Phi) is 6.99. The standard InChI is InChI=1S/C24H32N4O3/c1-2-21-26-22(27-31-21)17-9-11-19(12-10-17)24(30)28-15-13-18(14-16-28)23(29)25-20-7-5-3-4-6-8-20/h9-12,18,20H,2-8,13-16H2,1H3,(H,25,29). The van der Waals surface area contributed by atoms with Crippen LogP contribution in [0.1, 0.15) is 74.5 Å². The summed E-state index contributed by atoms with van der Waals surface area (Å²) in [5.41, 5.74) is 1.47. The van der Waals surface area contributed by atoms with Crippen LogP contribution in [-0.4, -0.2) is 46.0 Å². The fourth-order valence-corrected chi connectivity index (χ4v) is 4.55. The molecule has 2 heterocycles. The molecule has 31 heavy (non-hydrogen) atoms. The normalized spacial score (nSPS) is 18.5. The van der Waals surface area contributed by atoms with Crippen molar-refractivity contribution in [1.82, 2.24) is 20.4 Å². The van der Waals surface area contributed by atoms with Crippen LogP contribution in [0.5, 0.6) is 0 Å². The molecular weight excluding hydrogens is 392 g/mol. The Morgan fingerprint density at radius 3 is 2.32 bits per heavy atom. The van der Waals surface area contributed by atoms with Gasteiger partial charge < -0.3 is 14.7 Å². The zero-order valence-electron chi connectivity index (χ0n) is 18.3. The van der Waals surface area contributed by atoms with Crippen molar-refractivity contribution in [2.75, 3.05) is 13.1 Å². The van der Waals surface area contributed by atoms with E-state index in [0.29, 0.717) is 42.8 Å². The minimum Gasteiger partial charge on any atom is -0.353 e. The van der Waals surface area contributed by atoms with Crippen LogP contribution < -0.4 is 5.32 Å². The molecule has 0 radical (unpaired) electrons. The van der Waals surface area contributed by atoms with Gasteiger partial charge in [-0.25, -0.2) is 0 Å². The molecule has 7 heteroatoms. The summed E-state index contributed by atoms with van der Waals surface area (Å²) in [6.45, 7) is 3.20. The van der Waals surface area contributed by atoms with Crippen LogP contribution in [0.25, 0.3) is 11.4 Å². The van der Waals surface area contributed by atoms with Crippen LogP contribution >= 0.6 is 0 Å². The quantitative estimate of drug-likeness (QED) is 0.733. The smallest absolute Gasteiger partial charge is 0.253 e. The molecule has 1 saturated heterocycles. The van der Waals surface area contributed by atoms with Crippen molar-refractivity contribution in [3.05, 3.63) is 35.7 Å². The van der Waals surface area contributed by atoms with E-state index >= 15 is 0 Å². The Bertz CT molecular complexity index is 876. The molecule has 1 aliphatic heterocycles. The van der Waals surface area contributed by atoms with Gasteiger partial charge >= 0.3 is 0 Å². The molecule has 0 spiro atoms. The van der Waals surface area contributed by atoms with Gasteiger partial charge in [-0.2, -0.15) is 4.98 Å². The first kappa shape index (κ1) is 21.5. The monoisotopic (exact) mass is 424 g/mol. The first-order chi connectivity index (χ1) is 15.1. The molecule has 2 aromatic rings. The van der Waals surface area contributed by atoms with Crippen molar-refractivity contribution in [2.45, 2.75) is 70.8 Å². The summed E-state index contributed by atoms with van der Waals surface area (Å²) < 4.78 is 5.16.